The summed E-state index contributed by atoms with van der Waals surface area (Å²) in [5, 5.41) is 10.7. The van der Waals surface area contributed by atoms with Crippen LogP contribution in [0.1, 0.15) is 44.1 Å². The number of hydrogen-bond acceptors (Lipinski definition) is 2. The first-order valence-corrected chi connectivity index (χ1v) is 6.51. The summed E-state index contributed by atoms with van der Waals surface area (Å²) in [5.74, 6) is 0.641. The molecule has 0 spiro atoms. The van der Waals surface area contributed by atoms with Crippen molar-refractivity contribution in [1.29, 1.82) is 0 Å². The van der Waals surface area contributed by atoms with E-state index in [0.717, 1.165) is 12.8 Å². The Balaban J connectivity index is 2.44. The summed E-state index contributed by atoms with van der Waals surface area (Å²) < 4.78 is 5.38. The van der Waals surface area contributed by atoms with E-state index in [2.05, 4.69) is 26.0 Å². The minimum absolute atomic E-state index is 0.279. The third-order valence-corrected chi connectivity index (χ3v) is 3.95. The van der Waals surface area contributed by atoms with Gasteiger partial charge in [-0.25, -0.2) is 0 Å². The van der Waals surface area contributed by atoms with Crippen molar-refractivity contribution < 1.29 is 9.52 Å². The van der Waals surface area contributed by atoms with Crippen molar-refractivity contribution in [3.8, 4) is 0 Å². The molecule has 1 unspecified atom stereocenters. The van der Waals surface area contributed by atoms with Gasteiger partial charge in [0.25, 0.3) is 0 Å². The molecule has 1 N–H and O–H groups in total. The van der Waals surface area contributed by atoms with Gasteiger partial charge < -0.3 is 9.52 Å². The van der Waals surface area contributed by atoms with Gasteiger partial charge in [-0.1, -0.05) is 44.2 Å². The van der Waals surface area contributed by atoms with E-state index in [1.165, 1.54) is 5.56 Å². The second-order valence-electron chi connectivity index (χ2n) is 4.65. The van der Waals surface area contributed by atoms with Gasteiger partial charge >= 0.3 is 0 Å². The van der Waals surface area contributed by atoms with Crippen LogP contribution in [0.5, 0.6) is 0 Å². The molecule has 1 aromatic carbocycles. The number of aliphatic hydroxyl groups is 1. The Morgan fingerprint density at radius 3 is 2.22 bits per heavy atom. The van der Waals surface area contributed by atoms with Gasteiger partial charge in [0.05, 0.1) is 6.26 Å². The van der Waals surface area contributed by atoms with Crippen LogP contribution in [0, 0.1) is 0 Å². The topological polar surface area (TPSA) is 33.4 Å². The van der Waals surface area contributed by atoms with Crippen LogP contribution in [0.2, 0.25) is 0 Å². The summed E-state index contributed by atoms with van der Waals surface area (Å²) in [6.45, 7) is 4.23. The van der Waals surface area contributed by atoms with Crippen molar-refractivity contribution in [2.24, 2.45) is 0 Å². The zero-order valence-corrected chi connectivity index (χ0v) is 11.0. The molecule has 0 aliphatic carbocycles. The van der Waals surface area contributed by atoms with Crippen molar-refractivity contribution in [2.45, 2.75) is 38.2 Å². The fourth-order valence-corrected chi connectivity index (χ4v) is 2.69. The minimum Gasteiger partial charge on any atom is -0.467 e. The normalized spacial score (nSPS) is 13.5. The molecule has 0 saturated carbocycles. The Morgan fingerprint density at radius 2 is 1.72 bits per heavy atom. The molecule has 0 amide bonds. The molecule has 0 saturated heterocycles. The van der Waals surface area contributed by atoms with E-state index in [1.54, 1.807) is 6.26 Å². The van der Waals surface area contributed by atoms with Gasteiger partial charge in [-0.05, 0) is 30.5 Å². The standard InChI is InChI=1S/C16H20O2/c1-3-16(4-2,13-9-6-5-7-10-13)15(17)14-11-8-12-18-14/h5-12,15,17H,3-4H2,1-2H3. The van der Waals surface area contributed by atoms with Crippen molar-refractivity contribution in [1.82, 2.24) is 0 Å². The van der Waals surface area contributed by atoms with Crippen LogP contribution in [-0.4, -0.2) is 5.11 Å². The van der Waals surface area contributed by atoms with E-state index >= 15 is 0 Å². The highest BCUT2D eigenvalue weighted by Crippen LogP contribution is 2.43. The Morgan fingerprint density at radius 1 is 1.06 bits per heavy atom. The molecule has 96 valence electrons. The maximum Gasteiger partial charge on any atom is 0.133 e. The fourth-order valence-electron chi connectivity index (χ4n) is 2.69. The molecule has 2 rings (SSSR count). The van der Waals surface area contributed by atoms with Crippen LogP contribution in [0.3, 0.4) is 0 Å². The summed E-state index contributed by atoms with van der Waals surface area (Å²) in [6.07, 6.45) is 2.74. The third kappa shape index (κ3) is 2.08. The Kier molecular flexibility index (Phi) is 3.87. The molecule has 1 heterocycles. The number of hydrogen-bond donors (Lipinski definition) is 1. The van der Waals surface area contributed by atoms with Gasteiger partial charge in [0.15, 0.2) is 0 Å². The number of rotatable bonds is 5. The van der Waals surface area contributed by atoms with Crippen molar-refractivity contribution in [3.63, 3.8) is 0 Å². The molecule has 0 fully saturated rings. The third-order valence-electron chi connectivity index (χ3n) is 3.95. The highest BCUT2D eigenvalue weighted by atomic mass is 16.4. The van der Waals surface area contributed by atoms with Crippen molar-refractivity contribution >= 4 is 0 Å². The largest absolute Gasteiger partial charge is 0.467 e. The van der Waals surface area contributed by atoms with Crippen LogP contribution in [0.25, 0.3) is 0 Å². The lowest BCUT2D eigenvalue weighted by Gasteiger charge is -2.36. The van der Waals surface area contributed by atoms with Gasteiger partial charge in [-0.2, -0.15) is 0 Å². The highest BCUT2D eigenvalue weighted by Gasteiger charge is 2.38. The Labute approximate surface area is 108 Å². The van der Waals surface area contributed by atoms with Gasteiger partial charge in [0.2, 0.25) is 0 Å². The molecule has 0 aliphatic heterocycles. The van der Waals surface area contributed by atoms with Crippen LogP contribution in [-0.2, 0) is 5.41 Å². The van der Waals surface area contributed by atoms with Gasteiger partial charge in [0.1, 0.15) is 11.9 Å². The fraction of sp³-hybridized carbons (Fsp3) is 0.375. The molecule has 2 heteroatoms. The minimum atomic E-state index is -0.607. The van der Waals surface area contributed by atoms with E-state index < -0.39 is 6.10 Å². The van der Waals surface area contributed by atoms with Gasteiger partial charge in [-0.3, -0.25) is 0 Å². The van der Waals surface area contributed by atoms with E-state index in [0.29, 0.717) is 5.76 Å². The summed E-state index contributed by atoms with van der Waals surface area (Å²) in [6, 6.07) is 13.9. The molecule has 18 heavy (non-hydrogen) atoms. The molecule has 1 aromatic heterocycles. The first-order chi connectivity index (χ1) is 8.74. The van der Waals surface area contributed by atoms with Crippen LogP contribution in [0.4, 0.5) is 0 Å². The molecular weight excluding hydrogens is 224 g/mol. The Bertz CT molecular complexity index is 455. The summed E-state index contributed by atoms with van der Waals surface area (Å²) in [5.41, 5.74) is 0.887. The lowest BCUT2D eigenvalue weighted by Crippen LogP contribution is -2.32. The predicted molar refractivity (Wildman–Crippen MR) is 72.4 cm³/mol. The van der Waals surface area contributed by atoms with E-state index in [-0.39, 0.29) is 5.41 Å². The molecule has 2 nitrogen and oxygen atoms in total. The summed E-state index contributed by atoms with van der Waals surface area (Å²) in [4.78, 5) is 0. The molecule has 0 aliphatic rings. The smallest absolute Gasteiger partial charge is 0.133 e. The predicted octanol–water partition coefficient (Wildman–Crippen LogP) is 4.07. The average Bonchev–Trinajstić information content (AvgIpc) is 2.96. The maximum atomic E-state index is 10.7. The summed E-state index contributed by atoms with van der Waals surface area (Å²) in [7, 11) is 0. The quantitative estimate of drug-likeness (QED) is 0.860. The second kappa shape index (κ2) is 5.40. The zero-order chi connectivity index (χ0) is 13.0. The van der Waals surface area contributed by atoms with E-state index in [1.807, 2.05) is 30.3 Å². The first kappa shape index (κ1) is 12.9. The number of furan rings is 1. The molecule has 0 radical (unpaired) electrons. The lowest BCUT2D eigenvalue weighted by atomic mass is 9.71. The van der Waals surface area contributed by atoms with Crippen LogP contribution < -0.4 is 0 Å². The number of aliphatic hydroxyl groups excluding tert-OH is 1. The van der Waals surface area contributed by atoms with Crippen LogP contribution in [0.15, 0.2) is 53.1 Å². The maximum absolute atomic E-state index is 10.7. The first-order valence-electron chi connectivity index (χ1n) is 6.51. The molecular formula is C16H20O2. The van der Waals surface area contributed by atoms with Crippen molar-refractivity contribution in [2.75, 3.05) is 0 Å². The number of benzene rings is 1. The highest BCUT2D eigenvalue weighted by molar-refractivity contribution is 5.29. The van der Waals surface area contributed by atoms with Crippen molar-refractivity contribution in [3.05, 3.63) is 60.1 Å². The SMILES string of the molecule is CCC(CC)(c1ccccc1)C(O)c1ccco1. The summed E-state index contributed by atoms with van der Waals surface area (Å²) >= 11 is 0. The zero-order valence-electron chi connectivity index (χ0n) is 11.0. The van der Waals surface area contributed by atoms with Crippen LogP contribution >= 0.6 is 0 Å². The van der Waals surface area contributed by atoms with E-state index in [4.69, 9.17) is 4.42 Å². The molecule has 1 atom stereocenters. The molecule has 2 aromatic rings. The monoisotopic (exact) mass is 244 g/mol. The van der Waals surface area contributed by atoms with Gasteiger partial charge in [0, 0.05) is 5.41 Å². The molecule has 0 bridgehead atoms. The second-order valence-corrected chi connectivity index (χ2v) is 4.65. The lowest BCUT2D eigenvalue weighted by molar-refractivity contribution is 0.0534. The Hall–Kier alpha value is -1.54. The average molecular weight is 244 g/mol. The van der Waals surface area contributed by atoms with E-state index in [9.17, 15) is 5.11 Å². The van der Waals surface area contributed by atoms with Gasteiger partial charge in [-0.15, -0.1) is 0 Å².